The lowest BCUT2D eigenvalue weighted by atomic mass is 10.2. The van der Waals surface area contributed by atoms with Crippen LogP contribution in [0.25, 0.3) is 0 Å². The van der Waals surface area contributed by atoms with E-state index in [1.54, 1.807) is 18.2 Å². The van der Waals surface area contributed by atoms with Gasteiger partial charge in [-0.05, 0) is 29.8 Å². The number of likely N-dealkylation sites (N-methyl/N-ethyl adjacent to an activating group) is 2. The molecule has 152 valence electrons. The predicted molar refractivity (Wildman–Crippen MR) is 95.9 cm³/mol. The molecule has 0 heterocycles. The highest BCUT2D eigenvalue weighted by molar-refractivity contribution is 7.89. The van der Waals surface area contributed by atoms with Crippen LogP contribution in [-0.2, 0) is 21.4 Å². The molecular formula is C18H19F3N2O4S. The van der Waals surface area contributed by atoms with Gasteiger partial charge in [-0.2, -0.15) is 4.31 Å². The number of hydrogen-bond acceptors (Lipinski definition) is 4. The van der Waals surface area contributed by atoms with Gasteiger partial charge in [-0.25, -0.2) is 8.42 Å². The highest BCUT2D eigenvalue weighted by Crippen LogP contribution is 2.23. The average Bonchev–Trinajstić information content (AvgIpc) is 2.62. The number of ether oxygens (including phenoxy) is 1. The van der Waals surface area contributed by atoms with Crippen molar-refractivity contribution in [3.63, 3.8) is 0 Å². The van der Waals surface area contributed by atoms with Gasteiger partial charge >= 0.3 is 6.36 Å². The Morgan fingerprint density at radius 2 is 1.57 bits per heavy atom. The minimum atomic E-state index is -4.77. The number of carbonyl (C=O) groups is 1. The van der Waals surface area contributed by atoms with E-state index in [1.165, 1.54) is 43.3 Å². The summed E-state index contributed by atoms with van der Waals surface area (Å²) in [7, 11) is -1.02. The van der Waals surface area contributed by atoms with Gasteiger partial charge in [0.1, 0.15) is 5.75 Å². The van der Waals surface area contributed by atoms with Crippen molar-refractivity contribution in [3.8, 4) is 5.75 Å². The molecule has 0 aliphatic carbocycles. The van der Waals surface area contributed by atoms with E-state index in [-0.39, 0.29) is 23.7 Å². The monoisotopic (exact) mass is 416 g/mol. The molecular weight excluding hydrogens is 397 g/mol. The second-order valence-electron chi connectivity index (χ2n) is 6.02. The summed E-state index contributed by atoms with van der Waals surface area (Å²) in [6.07, 6.45) is -4.77. The zero-order chi connectivity index (χ0) is 20.9. The van der Waals surface area contributed by atoms with Crippen LogP contribution < -0.4 is 4.74 Å². The summed E-state index contributed by atoms with van der Waals surface area (Å²) < 4.78 is 66.1. The van der Waals surface area contributed by atoms with E-state index >= 15 is 0 Å². The van der Waals surface area contributed by atoms with Crippen molar-refractivity contribution in [2.45, 2.75) is 17.8 Å². The standard InChI is InChI=1S/C18H19F3N2O4S/c1-22(12-14-8-10-15(11-9-14)27-18(19,20)21)17(24)13-23(2)28(25,26)16-6-4-3-5-7-16/h3-11H,12-13H2,1-2H3. The maximum atomic E-state index is 12.4. The van der Waals surface area contributed by atoms with Crippen LogP contribution in [0.4, 0.5) is 13.2 Å². The molecule has 0 unspecified atom stereocenters. The highest BCUT2D eigenvalue weighted by Gasteiger charge is 2.31. The topological polar surface area (TPSA) is 66.9 Å². The number of rotatable bonds is 7. The van der Waals surface area contributed by atoms with Crippen LogP contribution in [0.15, 0.2) is 59.5 Å². The molecule has 10 heteroatoms. The van der Waals surface area contributed by atoms with Crippen molar-refractivity contribution in [2.24, 2.45) is 0 Å². The normalized spacial score (nSPS) is 12.1. The SMILES string of the molecule is CN(Cc1ccc(OC(F)(F)F)cc1)C(=O)CN(C)S(=O)(=O)c1ccccc1. The Bertz CT molecular complexity index is 901. The Balaban J connectivity index is 1.97. The molecule has 1 amide bonds. The molecule has 2 rings (SSSR count). The maximum absolute atomic E-state index is 12.4. The van der Waals surface area contributed by atoms with Crippen LogP contribution in [-0.4, -0.2) is 50.5 Å². The van der Waals surface area contributed by atoms with Crippen LogP contribution in [0.3, 0.4) is 0 Å². The highest BCUT2D eigenvalue weighted by atomic mass is 32.2. The third-order valence-corrected chi connectivity index (χ3v) is 5.63. The predicted octanol–water partition coefficient (Wildman–Crippen LogP) is 2.86. The Hall–Kier alpha value is -2.59. The summed E-state index contributed by atoms with van der Waals surface area (Å²) in [5.74, 6) is -0.823. The lowest BCUT2D eigenvalue weighted by Gasteiger charge is -2.22. The van der Waals surface area contributed by atoms with E-state index in [1.807, 2.05) is 0 Å². The quantitative estimate of drug-likeness (QED) is 0.696. The van der Waals surface area contributed by atoms with Gasteiger partial charge < -0.3 is 9.64 Å². The van der Waals surface area contributed by atoms with E-state index in [0.29, 0.717) is 5.56 Å². The zero-order valence-electron chi connectivity index (χ0n) is 15.2. The number of amides is 1. The smallest absolute Gasteiger partial charge is 0.406 e. The average molecular weight is 416 g/mol. The van der Waals surface area contributed by atoms with Gasteiger partial charge in [-0.3, -0.25) is 4.79 Å². The van der Waals surface area contributed by atoms with Gasteiger partial charge in [0.05, 0.1) is 11.4 Å². The Morgan fingerprint density at radius 1 is 1.00 bits per heavy atom. The van der Waals surface area contributed by atoms with Gasteiger partial charge in [0, 0.05) is 20.6 Å². The second kappa shape index (κ2) is 8.61. The molecule has 0 aliphatic heterocycles. The number of benzene rings is 2. The molecule has 0 saturated heterocycles. The molecule has 0 spiro atoms. The second-order valence-corrected chi connectivity index (χ2v) is 8.06. The van der Waals surface area contributed by atoms with Crippen LogP contribution in [0.2, 0.25) is 0 Å². The van der Waals surface area contributed by atoms with Crippen molar-refractivity contribution in [2.75, 3.05) is 20.6 Å². The Kier molecular flexibility index (Phi) is 6.68. The van der Waals surface area contributed by atoms with Gasteiger partial charge in [-0.15, -0.1) is 13.2 Å². The molecule has 0 aromatic heterocycles. The maximum Gasteiger partial charge on any atom is 0.573 e. The van der Waals surface area contributed by atoms with Gasteiger partial charge in [0.15, 0.2) is 0 Å². The molecule has 0 radical (unpaired) electrons. The number of alkyl halides is 3. The number of halogens is 3. The summed E-state index contributed by atoms with van der Waals surface area (Å²) in [6.45, 7) is -0.270. The first-order chi connectivity index (χ1) is 13.0. The third kappa shape index (κ3) is 5.96. The van der Waals surface area contributed by atoms with E-state index < -0.39 is 22.3 Å². The molecule has 0 aliphatic rings. The molecule has 28 heavy (non-hydrogen) atoms. The number of carbonyl (C=O) groups excluding carboxylic acids is 1. The Morgan fingerprint density at radius 3 is 2.11 bits per heavy atom. The van der Waals surface area contributed by atoms with Crippen LogP contribution in [0.5, 0.6) is 5.75 Å². The van der Waals surface area contributed by atoms with Crippen molar-refractivity contribution in [3.05, 3.63) is 60.2 Å². The summed E-state index contributed by atoms with van der Waals surface area (Å²) in [5.41, 5.74) is 0.568. The summed E-state index contributed by atoms with van der Waals surface area (Å²) in [5, 5.41) is 0. The first-order valence-electron chi connectivity index (χ1n) is 8.09. The van der Waals surface area contributed by atoms with Gasteiger partial charge in [0.2, 0.25) is 15.9 Å². The van der Waals surface area contributed by atoms with Crippen LogP contribution in [0, 0.1) is 0 Å². The number of sulfonamides is 1. The van der Waals surface area contributed by atoms with Crippen molar-refractivity contribution >= 4 is 15.9 Å². The minimum Gasteiger partial charge on any atom is -0.406 e. The van der Waals surface area contributed by atoms with Crippen molar-refractivity contribution in [1.29, 1.82) is 0 Å². The first kappa shape index (κ1) is 21.7. The molecule has 0 bridgehead atoms. The zero-order valence-corrected chi connectivity index (χ0v) is 16.0. The lowest BCUT2D eigenvalue weighted by Crippen LogP contribution is -2.39. The molecule has 0 N–H and O–H groups in total. The minimum absolute atomic E-state index is 0.0770. The van der Waals surface area contributed by atoms with E-state index in [0.717, 1.165) is 16.4 Å². The lowest BCUT2D eigenvalue weighted by molar-refractivity contribution is -0.274. The van der Waals surface area contributed by atoms with Crippen molar-refractivity contribution < 1.29 is 31.1 Å². The largest absolute Gasteiger partial charge is 0.573 e. The summed E-state index contributed by atoms with van der Waals surface area (Å²) in [4.78, 5) is 13.7. The van der Waals surface area contributed by atoms with Gasteiger partial charge in [-0.1, -0.05) is 30.3 Å². The number of nitrogens with zero attached hydrogens (tertiary/aromatic N) is 2. The summed E-state index contributed by atoms with van der Waals surface area (Å²) >= 11 is 0. The molecule has 0 fully saturated rings. The molecule has 6 nitrogen and oxygen atoms in total. The van der Waals surface area contributed by atoms with E-state index in [9.17, 15) is 26.4 Å². The fourth-order valence-corrected chi connectivity index (χ4v) is 3.47. The fourth-order valence-electron chi connectivity index (χ4n) is 2.33. The van der Waals surface area contributed by atoms with Crippen LogP contribution in [0.1, 0.15) is 5.56 Å². The summed E-state index contributed by atoms with van der Waals surface area (Å²) in [6, 6.07) is 12.8. The van der Waals surface area contributed by atoms with Crippen molar-refractivity contribution in [1.82, 2.24) is 9.21 Å². The first-order valence-corrected chi connectivity index (χ1v) is 9.53. The third-order valence-electron chi connectivity index (χ3n) is 3.81. The Labute approximate surface area is 161 Å². The number of hydrogen-bond donors (Lipinski definition) is 0. The van der Waals surface area contributed by atoms with E-state index in [2.05, 4.69) is 4.74 Å². The van der Waals surface area contributed by atoms with E-state index in [4.69, 9.17) is 0 Å². The van der Waals surface area contributed by atoms with Gasteiger partial charge in [0.25, 0.3) is 0 Å². The molecule has 2 aromatic carbocycles. The molecule has 0 saturated carbocycles. The van der Waals surface area contributed by atoms with Crippen LogP contribution >= 0.6 is 0 Å². The molecule has 0 atom stereocenters. The molecule has 2 aromatic rings. The fraction of sp³-hybridized carbons (Fsp3) is 0.278.